The highest BCUT2D eigenvalue weighted by Gasteiger charge is 2.18. The third-order valence-corrected chi connectivity index (χ3v) is 5.14. The molecular formula is C17H16FN3O3S. The lowest BCUT2D eigenvalue weighted by molar-refractivity contribution is 0.389. The summed E-state index contributed by atoms with van der Waals surface area (Å²) in [7, 11) is -3.37. The van der Waals surface area contributed by atoms with Crippen LogP contribution in [0.3, 0.4) is 0 Å². The number of aromatic nitrogens is 3. The first-order valence-electron chi connectivity index (χ1n) is 7.70. The molecule has 0 aliphatic rings. The molecule has 0 bridgehead atoms. The topological polar surface area (TPSA) is 86.0 Å². The van der Waals surface area contributed by atoms with Crippen LogP contribution in [-0.2, 0) is 22.0 Å². The molecule has 0 spiro atoms. The summed E-state index contributed by atoms with van der Waals surface area (Å²) >= 11 is 0. The van der Waals surface area contributed by atoms with Crippen LogP contribution in [0.2, 0.25) is 0 Å². The molecule has 3 rings (SSSR count). The van der Waals surface area contributed by atoms with E-state index < -0.39 is 15.7 Å². The zero-order chi connectivity index (χ0) is 17.7. The van der Waals surface area contributed by atoms with Crippen molar-refractivity contribution < 1.29 is 17.3 Å². The van der Waals surface area contributed by atoms with Gasteiger partial charge in [-0.2, -0.15) is 4.98 Å². The first-order valence-corrected chi connectivity index (χ1v) is 9.52. The molecule has 130 valence electrons. The van der Waals surface area contributed by atoms with Crippen LogP contribution in [0.1, 0.15) is 17.9 Å². The highest BCUT2D eigenvalue weighted by Crippen LogP contribution is 2.17. The molecule has 1 aromatic carbocycles. The summed E-state index contributed by atoms with van der Waals surface area (Å²) < 4.78 is 42.5. The zero-order valence-electron chi connectivity index (χ0n) is 13.3. The Morgan fingerprint density at radius 3 is 2.68 bits per heavy atom. The van der Waals surface area contributed by atoms with Gasteiger partial charge in [0, 0.05) is 11.8 Å². The van der Waals surface area contributed by atoms with Crippen LogP contribution >= 0.6 is 0 Å². The summed E-state index contributed by atoms with van der Waals surface area (Å²) in [6.45, 7) is 0. The van der Waals surface area contributed by atoms with E-state index in [1.54, 1.807) is 0 Å². The van der Waals surface area contributed by atoms with Crippen molar-refractivity contribution in [3.8, 4) is 11.4 Å². The number of aryl methyl sites for hydroxylation is 1. The number of benzene rings is 1. The minimum Gasteiger partial charge on any atom is -0.338 e. The Hall–Kier alpha value is -2.61. The third kappa shape index (κ3) is 4.93. The maximum Gasteiger partial charge on any atom is 0.242 e. The summed E-state index contributed by atoms with van der Waals surface area (Å²) in [5.41, 5.74) is 1.42. The van der Waals surface area contributed by atoms with Crippen molar-refractivity contribution in [2.24, 2.45) is 0 Å². The van der Waals surface area contributed by atoms with E-state index >= 15 is 0 Å². The Labute approximate surface area is 144 Å². The molecule has 0 saturated heterocycles. The van der Waals surface area contributed by atoms with E-state index in [4.69, 9.17) is 4.52 Å². The van der Waals surface area contributed by atoms with E-state index in [2.05, 4.69) is 15.1 Å². The molecule has 0 atom stereocenters. The highest BCUT2D eigenvalue weighted by molar-refractivity contribution is 7.90. The van der Waals surface area contributed by atoms with E-state index in [-0.39, 0.29) is 23.2 Å². The number of hydrogen-bond donors (Lipinski definition) is 0. The molecule has 0 aliphatic carbocycles. The second kappa shape index (κ2) is 7.52. The molecule has 0 radical (unpaired) electrons. The van der Waals surface area contributed by atoms with Crippen molar-refractivity contribution in [3.05, 3.63) is 66.1 Å². The van der Waals surface area contributed by atoms with Gasteiger partial charge in [0.2, 0.25) is 11.7 Å². The van der Waals surface area contributed by atoms with Gasteiger partial charge >= 0.3 is 0 Å². The molecule has 25 heavy (non-hydrogen) atoms. The van der Waals surface area contributed by atoms with Gasteiger partial charge in [0.1, 0.15) is 11.6 Å². The van der Waals surface area contributed by atoms with Gasteiger partial charge in [-0.15, -0.1) is 0 Å². The monoisotopic (exact) mass is 361 g/mol. The van der Waals surface area contributed by atoms with E-state index in [1.807, 2.05) is 30.3 Å². The second-order valence-electron chi connectivity index (χ2n) is 5.58. The average Bonchev–Trinajstić information content (AvgIpc) is 3.03. The van der Waals surface area contributed by atoms with Gasteiger partial charge in [0.25, 0.3) is 0 Å². The van der Waals surface area contributed by atoms with Crippen LogP contribution in [0.4, 0.5) is 4.39 Å². The Bertz CT molecular complexity index is 943. The third-order valence-electron chi connectivity index (χ3n) is 3.54. The second-order valence-corrected chi connectivity index (χ2v) is 7.77. The maximum atomic E-state index is 13.2. The van der Waals surface area contributed by atoms with Crippen LogP contribution in [0.5, 0.6) is 0 Å². The Kier molecular flexibility index (Phi) is 5.18. The molecule has 0 fully saturated rings. The van der Waals surface area contributed by atoms with Crippen LogP contribution in [0.15, 0.2) is 53.3 Å². The number of sulfone groups is 1. The number of nitrogens with zero attached hydrogens (tertiary/aromatic N) is 3. The Morgan fingerprint density at radius 2 is 1.92 bits per heavy atom. The van der Waals surface area contributed by atoms with Gasteiger partial charge in [-0.3, -0.25) is 4.98 Å². The number of halogens is 1. The lowest BCUT2D eigenvalue weighted by Gasteiger charge is -2.02. The van der Waals surface area contributed by atoms with E-state index in [0.29, 0.717) is 18.4 Å². The first-order chi connectivity index (χ1) is 12.0. The molecule has 2 heterocycles. The summed E-state index contributed by atoms with van der Waals surface area (Å²) in [5, 5.41) is 3.68. The summed E-state index contributed by atoms with van der Waals surface area (Å²) in [4.78, 5) is 7.71. The minimum absolute atomic E-state index is 0.0148. The average molecular weight is 361 g/mol. The van der Waals surface area contributed by atoms with Crippen molar-refractivity contribution in [3.63, 3.8) is 0 Å². The standard InChI is InChI=1S/C17H16FN3O3S/c18-15-9-14(10-19-11-15)17-20-16(24-21-17)12-25(22,23)8-4-7-13-5-2-1-3-6-13/h1-3,5-6,9-11H,4,7-8,12H2. The normalized spacial score (nSPS) is 11.6. The van der Waals surface area contributed by atoms with Crippen LogP contribution < -0.4 is 0 Å². The number of rotatable bonds is 7. The minimum atomic E-state index is -3.37. The molecule has 6 nitrogen and oxygen atoms in total. The predicted molar refractivity (Wildman–Crippen MR) is 89.7 cm³/mol. The molecule has 2 aromatic heterocycles. The smallest absolute Gasteiger partial charge is 0.242 e. The molecule has 0 amide bonds. The van der Waals surface area contributed by atoms with Crippen molar-refractivity contribution in [2.45, 2.75) is 18.6 Å². The molecule has 0 unspecified atom stereocenters. The summed E-state index contributed by atoms with van der Waals surface area (Å²) in [6.07, 6.45) is 3.64. The number of pyridine rings is 1. The van der Waals surface area contributed by atoms with E-state index in [0.717, 1.165) is 11.8 Å². The largest absolute Gasteiger partial charge is 0.338 e. The van der Waals surface area contributed by atoms with E-state index in [1.165, 1.54) is 12.3 Å². The van der Waals surface area contributed by atoms with Crippen LogP contribution in [0, 0.1) is 5.82 Å². The van der Waals surface area contributed by atoms with Crippen LogP contribution in [-0.4, -0.2) is 29.3 Å². The van der Waals surface area contributed by atoms with Crippen molar-refractivity contribution in [2.75, 3.05) is 5.75 Å². The van der Waals surface area contributed by atoms with Crippen molar-refractivity contribution in [1.29, 1.82) is 0 Å². The Balaban J connectivity index is 1.59. The highest BCUT2D eigenvalue weighted by atomic mass is 32.2. The molecule has 3 aromatic rings. The van der Waals surface area contributed by atoms with Gasteiger partial charge < -0.3 is 4.52 Å². The van der Waals surface area contributed by atoms with Gasteiger partial charge in [0.05, 0.1) is 11.9 Å². The van der Waals surface area contributed by atoms with E-state index in [9.17, 15) is 12.8 Å². The molecule has 8 heteroatoms. The number of hydrogen-bond acceptors (Lipinski definition) is 6. The molecule has 0 N–H and O–H groups in total. The van der Waals surface area contributed by atoms with Crippen molar-refractivity contribution in [1.82, 2.24) is 15.1 Å². The SMILES string of the molecule is O=S(=O)(CCCc1ccccc1)Cc1nc(-c2cncc(F)c2)no1. The quantitative estimate of drug-likeness (QED) is 0.643. The van der Waals surface area contributed by atoms with Gasteiger partial charge in [-0.05, 0) is 24.5 Å². The van der Waals surface area contributed by atoms with Crippen LogP contribution in [0.25, 0.3) is 11.4 Å². The molecule has 0 saturated carbocycles. The van der Waals surface area contributed by atoms with Gasteiger partial charge in [-0.25, -0.2) is 12.8 Å². The lowest BCUT2D eigenvalue weighted by atomic mass is 10.1. The fraction of sp³-hybridized carbons (Fsp3) is 0.235. The molecular weight excluding hydrogens is 345 g/mol. The summed E-state index contributed by atoms with van der Waals surface area (Å²) in [5.74, 6) is -0.739. The Morgan fingerprint density at radius 1 is 1.12 bits per heavy atom. The zero-order valence-corrected chi connectivity index (χ0v) is 14.1. The van der Waals surface area contributed by atoms with Gasteiger partial charge in [-0.1, -0.05) is 35.5 Å². The summed E-state index contributed by atoms with van der Waals surface area (Å²) in [6, 6.07) is 10.9. The fourth-order valence-electron chi connectivity index (χ4n) is 2.37. The maximum absolute atomic E-state index is 13.2. The van der Waals surface area contributed by atoms with Crippen molar-refractivity contribution >= 4 is 9.84 Å². The predicted octanol–water partition coefficient (Wildman–Crippen LogP) is 2.82. The van der Waals surface area contributed by atoms with Gasteiger partial charge in [0.15, 0.2) is 9.84 Å². The first kappa shape index (κ1) is 17.2. The molecule has 0 aliphatic heterocycles. The lowest BCUT2D eigenvalue weighted by Crippen LogP contribution is -2.10. The fourth-order valence-corrected chi connectivity index (χ4v) is 3.59.